The molecule has 1 saturated heterocycles. The molecule has 124 valence electrons. The van der Waals surface area contributed by atoms with E-state index in [2.05, 4.69) is 21.8 Å². The van der Waals surface area contributed by atoms with Crippen molar-refractivity contribution in [2.45, 2.75) is 26.7 Å². The van der Waals surface area contributed by atoms with E-state index >= 15 is 0 Å². The van der Waals surface area contributed by atoms with Crippen molar-refractivity contribution >= 4 is 17.8 Å². The van der Waals surface area contributed by atoms with E-state index in [9.17, 15) is 9.59 Å². The van der Waals surface area contributed by atoms with E-state index in [0.717, 1.165) is 12.1 Å². The van der Waals surface area contributed by atoms with Crippen LogP contribution in [0.1, 0.15) is 36.3 Å². The highest BCUT2D eigenvalue weighted by Crippen LogP contribution is 2.25. The van der Waals surface area contributed by atoms with Crippen LogP contribution in [0.2, 0.25) is 0 Å². The smallest absolute Gasteiger partial charge is 0.409 e. The molecule has 0 spiro atoms. The Morgan fingerprint density at radius 2 is 2.04 bits per heavy atom. The number of ketones is 1. The number of fused-ring (bicyclic) bond motifs is 1. The molecule has 1 aromatic heterocycles. The Bertz CT molecular complexity index is 611. The molecule has 1 atom stereocenters. The Morgan fingerprint density at radius 3 is 2.74 bits per heavy atom. The summed E-state index contributed by atoms with van der Waals surface area (Å²) in [5.41, 5.74) is 1.52. The van der Waals surface area contributed by atoms with Gasteiger partial charge in [-0.3, -0.25) is 4.79 Å². The van der Waals surface area contributed by atoms with Crippen LogP contribution in [-0.2, 0) is 11.2 Å². The summed E-state index contributed by atoms with van der Waals surface area (Å²) in [6, 6.07) is 0. The van der Waals surface area contributed by atoms with Crippen molar-refractivity contribution in [2.24, 2.45) is 5.92 Å². The first-order valence-corrected chi connectivity index (χ1v) is 8.14. The first-order valence-electron chi connectivity index (χ1n) is 8.14. The van der Waals surface area contributed by atoms with Crippen molar-refractivity contribution in [3.63, 3.8) is 0 Å². The van der Waals surface area contributed by atoms with Crippen LogP contribution in [0.25, 0.3) is 0 Å². The van der Waals surface area contributed by atoms with Gasteiger partial charge in [0.2, 0.25) is 5.95 Å². The summed E-state index contributed by atoms with van der Waals surface area (Å²) in [7, 11) is 0. The van der Waals surface area contributed by atoms with Crippen LogP contribution in [0, 0.1) is 5.92 Å². The fourth-order valence-corrected chi connectivity index (χ4v) is 3.08. The summed E-state index contributed by atoms with van der Waals surface area (Å²) in [6.45, 7) is 6.78. The van der Waals surface area contributed by atoms with Gasteiger partial charge in [0, 0.05) is 38.8 Å². The van der Waals surface area contributed by atoms with Gasteiger partial charge in [-0.25, -0.2) is 14.8 Å². The van der Waals surface area contributed by atoms with E-state index in [1.165, 1.54) is 0 Å². The maximum atomic E-state index is 12.0. The highest BCUT2D eigenvalue weighted by atomic mass is 16.6. The number of piperazine rings is 1. The van der Waals surface area contributed by atoms with Crippen LogP contribution < -0.4 is 4.90 Å². The van der Waals surface area contributed by atoms with Gasteiger partial charge in [-0.1, -0.05) is 6.92 Å². The van der Waals surface area contributed by atoms with Gasteiger partial charge < -0.3 is 14.5 Å². The molecule has 0 unspecified atom stereocenters. The zero-order valence-electron chi connectivity index (χ0n) is 13.6. The van der Waals surface area contributed by atoms with Gasteiger partial charge in [-0.2, -0.15) is 0 Å². The lowest BCUT2D eigenvalue weighted by Crippen LogP contribution is -2.49. The number of amides is 1. The highest BCUT2D eigenvalue weighted by molar-refractivity contribution is 5.98. The van der Waals surface area contributed by atoms with Crippen LogP contribution in [0.4, 0.5) is 10.7 Å². The van der Waals surface area contributed by atoms with E-state index in [1.54, 1.807) is 18.0 Å². The molecule has 23 heavy (non-hydrogen) atoms. The van der Waals surface area contributed by atoms with E-state index in [0.29, 0.717) is 56.6 Å². The quantitative estimate of drug-likeness (QED) is 0.823. The van der Waals surface area contributed by atoms with Crippen LogP contribution in [-0.4, -0.2) is 59.5 Å². The van der Waals surface area contributed by atoms with Crippen LogP contribution in [0.5, 0.6) is 0 Å². The van der Waals surface area contributed by atoms with Crippen molar-refractivity contribution in [1.29, 1.82) is 0 Å². The lowest BCUT2D eigenvalue weighted by molar-refractivity contribution is 0.0950. The van der Waals surface area contributed by atoms with Gasteiger partial charge in [0.15, 0.2) is 5.78 Å². The second-order valence-electron chi connectivity index (χ2n) is 6.14. The van der Waals surface area contributed by atoms with E-state index in [1.807, 2.05) is 0 Å². The number of anilines is 1. The van der Waals surface area contributed by atoms with Crippen molar-refractivity contribution in [2.75, 3.05) is 37.7 Å². The monoisotopic (exact) mass is 318 g/mol. The van der Waals surface area contributed by atoms with E-state index in [-0.39, 0.29) is 11.9 Å². The zero-order chi connectivity index (χ0) is 16.4. The third-order valence-electron chi connectivity index (χ3n) is 4.32. The molecular weight excluding hydrogens is 296 g/mol. The molecule has 0 radical (unpaired) electrons. The number of carbonyl (C=O) groups is 2. The van der Waals surface area contributed by atoms with Crippen molar-refractivity contribution < 1.29 is 14.3 Å². The summed E-state index contributed by atoms with van der Waals surface area (Å²) in [6.07, 6.45) is 2.79. The van der Waals surface area contributed by atoms with Crippen molar-refractivity contribution in [3.05, 3.63) is 17.5 Å². The SMILES string of the molecule is CCOC(=O)N1CCN(c2ncc3c(n2)C[C@H](C)CC3=O)CC1. The molecule has 0 saturated carbocycles. The van der Waals surface area contributed by atoms with Gasteiger partial charge in [0.25, 0.3) is 0 Å². The average molecular weight is 318 g/mol. The summed E-state index contributed by atoms with van der Waals surface area (Å²) in [4.78, 5) is 36.4. The number of carbonyl (C=O) groups excluding carboxylic acids is 2. The van der Waals surface area contributed by atoms with Crippen molar-refractivity contribution in [1.82, 2.24) is 14.9 Å². The van der Waals surface area contributed by atoms with Gasteiger partial charge >= 0.3 is 6.09 Å². The molecule has 1 aliphatic carbocycles. The number of Topliss-reactive ketones (excluding diaryl/α,β-unsaturated/α-hetero) is 1. The number of hydrogen-bond donors (Lipinski definition) is 0. The molecule has 0 bridgehead atoms. The van der Waals surface area contributed by atoms with Crippen LogP contribution >= 0.6 is 0 Å². The molecular formula is C16H22N4O3. The van der Waals surface area contributed by atoms with Gasteiger partial charge in [0.05, 0.1) is 17.9 Å². The van der Waals surface area contributed by atoms with Gasteiger partial charge in [-0.15, -0.1) is 0 Å². The van der Waals surface area contributed by atoms with Crippen LogP contribution in [0.15, 0.2) is 6.20 Å². The fourth-order valence-electron chi connectivity index (χ4n) is 3.08. The molecule has 1 aromatic rings. The molecule has 1 aliphatic heterocycles. The molecule has 1 fully saturated rings. The molecule has 1 amide bonds. The van der Waals surface area contributed by atoms with Gasteiger partial charge in [-0.05, 0) is 19.3 Å². The lowest BCUT2D eigenvalue weighted by Gasteiger charge is -2.34. The summed E-state index contributed by atoms with van der Waals surface area (Å²) >= 11 is 0. The standard InChI is InChI=1S/C16H22N4O3/c1-3-23-16(22)20-6-4-19(5-7-20)15-17-10-12-13(18-15)8-11(2)9-14(12)21/h10-11H,3-9H2,1-2H3/t11-/m0/s1. The van der Waals surface area contributed by atoms with Crippen molar-refractivity contribution in [3.8, 4) is 0 Å². The molecule has 7 nitrogen and oxygen atoms in total. The molecule has 3 rings (SSSR count). The van der Waals surface area contributed by atoms with E-state index in [4.69, 9.17) is 4.74 Å². The Morgan fingerprint density at radius 1 is 1.30 bits per heavy atom. The maximum Gasteiger partial charge on any atom is 0.409 e. The average Bonchev–Trinajstić information content (AvgIpc) is 2.54. The molecule has 7 heteroatoms. The number of rotatable bonds is 2. The Labute approximate surface area is 135 Å². The first kappa shape index (κ1) is 15.7. The predicted molar refractivity (Wildman–Crippen MR) is 84.7 cm³/mol. The maximum absolute atomic E-state index is 12.0. The molecule has 0 aromatic carbocycles. The largest absolute Gasteiger partial charge is 0.450 e. The number of aromatic nitrogens is 2. The summed E-state index contributed by atoms with van der Waals surface area (Å²) in [5.74, 6) is 1.12. The van der Waals surface area contributed by atoms with Gasteiger partial charge in [0.1, 0.15) is 0 Å². The number of hydrogen-bond acceptors (Lipinski definition) is 6. The Kier molecular flexibility index (Phi) is 4.45. The minimum absolute atomic E-state index is 0.137. The Balaban J connectivity index is 1.68. The number of ether oxygens (including phenoxy) is 1. The fraction of sp³-hybridized carbons (Fsp3) is 0.625. The minimum atomic E-state index is -0.266. The molecule has 2 aliphatic rings. The predicted octanol–water partition coefficient (Wildman–Crippen LogP) is 1.52. The number of nitrogens with zero attached hydrogens (tertiary/aromatic N) is 4. The normalized spacial score (nSPS) is 21.1. The lowest BCUT2D eigenvalue weighted by atomic mass is 9.88. The summed E-state index contributed by atoms with van der Waals surface area (Å²) in [5, 5.41) is 0. The topological polar surface area (TPSA) is 75.6 Å². The second kappa shape index (κ2) is 6.52. The molecule has 0 N–H and O–H groups in total. The summed E-state index contributed by atoms with van der Waals surface area (Å²) < 4.78 is 5.02. The second-order valence-corrected chi connectivity index (χ2v) is 6.14. The highest BCUT2D eigenvalue weighted by Gasteiger charge is 2.27. The van der Waals surface area contributed by atoms with Crippen LogP contribution in [0.3, 0.4) is 0 Å². The minimum Gasteiger partial charge on any atom is -0.450 e. The third-order valence-corrected chi connectivity index (χ3v) is 4.32. The molecule has 2 heterocycles. The zero-order valence-corrected chi connectivity index (χ0v) is 13.6. The Hall–Kier alpha value is -2.18. The first-order chi connectivity index (χ1) is 11.1. The third kappa shape index (κ3) is 3.28. The van der Waals surface area contributed by atoms with E-state index < -0.39 is 0 Å².